The molecule has 1 fully saturated rings. The zero-order chi connectivity index (χ0) is 11.9. The van der Waals surface area contributed by atoms with Crippen LogP contribution in [0.15, 0.2) is 0 Å². The molecule has 96 valence electrons. The van der Waals surface area contributed by atoms with Crippen LogP contribution in [0.25, 0.3) is 0 Å². The fourth-order valence-corrected chi connectivity index (χ4v) is 1.71. The van der Waals surface area contributed by atoms with Gasteiger partial charge in [0.15, 0.2) is 0 Å². The van der Waals surface area contributed by atoms with Crippen molar-refractivity contribution in [1.82, 2.24) is 0 Å². The second-order valence-corrected chi connectivity index (χ2v) is 5.52. The maximum absolute atomic E-state index is 10.5. The van der Waals surface area contributed by atoms with Gasteiger partial charge in [0.2, 0.25) is 10.0 Å². The standard InChI is InChI=1S/C9H19NO5S/c10-16(11,12)6-5-13-3-4-15-8-9-1-2-14-7-9/h9H,1-8H2,(H2,10,11,12). The summed E-state index contributed by atoms with van der Waals surface area (Å²) in [5, 5.41) is 4.81. The lowest BCUT2D eigenvalue weighted by Gasteiger charge is -2.08. The lowest BCUT2D eigenvalue weighted by Crippen LogP contribution is -2.21. The molecule has 0 aromatic heterocycles. The summed E-state index contributed by atoms with van der Waals surface area (Å²) in [6.45, 7) is 3.25. The highest BCUT2D eigenvalue weighted by atomic mass is 32.2. The summed E-state index contributed by atoms with van der Waals surface area (Å²) in [6, 6.07) is 0. The monoisotopic (exact) mass is 253 g/mol. The Hall–Kier alpha value is -0.210. The maximum atomic E-state index is 10.5. The van der Waals surface area contributed by atoms with E-state index in [1.165, 1.54) is 0 Å². The van der Waals surface area contributed by atoms with E-state index in [0.29, 0.717) is 25.7 Å². The van der Waals surface area contributed by atoms with Crippen LogP contribution in [0, 0.1) is 5.92 Å². The number of hydrogen-bond acceptors (Lipinski definition) is 5. The zero-order valence-electron chi connectivity index (χ0n) is 9.26. The molecule has 0 aliphatic carbocycles. The normalized spacial score (nSPS) is 21.4. The van der Waals surface area contributed by atoms with Crippen molar-refractivity contribution in [3.05, 3.63) is 0 Å². The van der Waals surface area contributed by atoms with Gasteiger partial charge in [-0.25, -0.2) is 13.6 Å². The Morgan fingerprint density at radius 3 is 2.62 bits per heavy atom. The van der Waals surface area contributed by atoms with Gasteiger partial charge < -0.3 is 14.2 Å². The molecule has 0 amide bonds. The first-order chi connectivity index (χ1) is 7.58. The van der Waals surface area contributed by atoms with Crippen LogP contribution in [-0.2, 0) is 24.2 Å². The Balaban J connectivity index is 1.84. The summed E-state index contributed by atoms with van der Waals surface area (Å²) in [5.74, 6) is 0.341. The van der Waals surface area contributed by atoms with Crippen molar-refractivity contribution in [3.8, 4) is 0 Å². The Bertz CT molecular complexity index is 274. The van der Waals surface area contributed by atoms with Gasteiger partial charge >= 0.3 is 0 Å². The SMILES string of the molecule is NS(=O)(=O)CCOCCOCC1CCOC1. The van der Waals surface area contributed by atoms with Gasteiger partial charge in [0.25, 0.3) is 0 Å². The van der Waals surface area contributed by atoms with Crippen molar-refractivity contribution in [1.29, 1.82) is 0 Å². The van der Waals surface area contributed by atoms with Gasteiger partial charge in [0, 0.05) is 12.5 Å². The minimum absolute atomic E-state index is 0.120. The van der Waals surface area contributed by atoms with E-state index >= 15 is 0 Å². The summed E-state index contributed by atoms with van der Waals surface area (Å²) in [5.41, 5.74) is 0. The highest BCUT2D eigenvalue weighted by molar-refractivity contribution is 7.89. The van der Waals surface area contributed by atoms with E-state index in [-0.39, 0.29) is 12.4 Å². The number of sulfonamides is 1. The number of nitrogens with two attached hydrogens (primary N) is 1. The minimum atomic E-state index is -3.41. The van der Waals surface area contributed by atoms with Crippen molar-refractivity contribution in [2.45, 2.75) is 6.42 Å². The topological polar surface area (TPSA) is 87.9 Å². The second-order valence-electron chi connectivity index (χ2n) is 3.78. The van der Waals surface area contributed by atoms with Crippen LogP contribution in [0.2, 0.25) is 0 Å². The van der Waals surface area contributed by atoms with Crippen LogP contribution < -0.4 is 5.14 Å². The number of ether oxygens (including phenoxy) is 3. The molecule has 7 heteroatoms. The number of primary sulfonamides is 1. The first-order valence-corrected chi connectivity index (χ1v) is 7.03. The van der Waals surface area contributed by atoms with E-state index in [0.717, 1.165) is 19.6 Å². The van der Waals surface area contributed by atoms with Gasteiger partial charge in [-0.05, 0) is 6.42 Å². The minimum Gasteiger partial charge on any atom is -0.381 e. The highest BCUT2D eigenvalue weighted by Gasteiger charge is 2.15. The van der Waals surface area contributed by atoms with Crippen molar-refractivity contribution in [3.63, 3.8) is 0 Å². The van der Waals surface area contributed by atoms with Crippen molar-refractivity contribution >= 4 is 10.0 Å². The van der Waals surface area contributed by atoms with Gasteiger partial charge in [-0.2, -0.15) is 0 Å². The third-order valence-corrected chi connectivity index (χ3v) is 3.00. The first-order valence-electron chi connectivity index (χ1n) is 5.31. The van der Waals surface area contributed by atoms with Crippen molar-refractivity contribution < 1.29 is 22.6 Å². The molecule has 0 radical (unpaired) electrons. The molecule has 1 atom stereocenters. The molecule has 6 nitrogen and oxygen atoms in total. The van der Waals surface area contributed by atoms with Crippen LogP contribution in [0.3, 0.4) is 0 Å². The van der Waals surface area contributed by atoms with Crippen LogP contribution in [0.4, 0.5) is 0 Å². The van der Waals surface area contributed by atoms with Crippen LogP contribution in [0.1, 0.15) is 6.42 Å². The van der Waals surface area contributed by atoms with Crippen molar-refractivity contribution in [2.24, 2.45) is 11.1 Å². The predicted molar refractivity (Wildman–Crippen MR) is 58.5 cm³/mol. The molecule has 0 bridgehead atoms. The lowest BCUT2D eigenvalue weighted by atomic mass is 10.1. The van der Waals surface area contributed by atoms with E-state index in [1.54, 1.807) is 0 Å². The highest BCUT2D eigenvalue weighted by Crippen LogP contribution is 2.11. The molecule has 0 saturated carbocycles. The molecular weight excluding hydrogens is 234 g/mol. The quantitative estimate of drug-likeness (QED) is 0.580. The molecule has 0 aromatic rings. The van der Waals surface area contributed by atoms with E-state index in [1.807, 2.05) is 0 Å². The molecule has 1 rings (SSSR count). The largest absolute Gasteiger partial charge is 0.381 e. The van der Waals surface area contributed by atoms with Gasteiger partial charge in [-0.1, -0.05) is 0 Å². The summed E-state index contributed by atoms with van der Waals surface area (Å²) in [7, 11) is -3.41. The Labute approximate surface area is 96.1 Å². The summed E-state index contributed by atoms with van der Waals surface area (Å²) in [4.78, 5) is 0. The molecule has 1 unspecified atom stereocenters. The van der Waals surface area contributed by atoms with Gasteiger partial charge in [-0.3, -0.25) is 0 Å². The Morgan fingerprint density at radius 2 is 2.00 bits per heavy atom. The van der Waals surface area contributed by atoms with Crippen LogP contribution >= 0.6 is 0 Å². The van der Waals surface area contributed by atoms with Crippen LogP contribution in [0.5, 0.6) is 0 Å². The zero-order valence-corrected chi connectivity index (χ0v) is 10.1. The molecule has 0 aromatic carbocycles. The third-order valence-electron chi connectivity index (χ3n) is 2.26. The molecule has 2 N–H and O–H groups in total. The summed E-state index contributed by atoms with van der Waals surface area (Å²) < 4.78 is 36.7. The summed E-state index contributed by atoms with van der Waals surface area (Å²) in [6.07, 6.45) is 1.05. The van der Waals surface area contributed by atoms with E-state index in [2.05, 4.69) is 0 Å². The average Bonchev–Trinajstić information content (AvgIpc) is 2.67. The summed E-state index contributed by atoms with van der Waals surface area (Å²) >= 11 is 0. The number of rotatable bonds is 8. The van der Waals surface area contributed by atoms with E-state index in [4.69, 9.17) is 19.3 Å². The van der Waals surface area contributed by atoms with Gasteiger partial charge in [0.05, 0.1) is 38.8 Å². The fourth-order valence-electron chi connectivity index (χ4n) is 1.36. The molecule has 1 aliphatic heterocycles. The van der Waals surface area contributed by atoms with E-state index < -0.39 is 10.0 Å². The maximum Gasteiger partial charge on any atom is 0.211 e. The smallest absolute Gasteiger partial charge is 0.211 e. The van der Waals surface area contributed by atoms with Gasteiger partial charge in [-0.15, -0.1) is 0 Å². The Kier molecular flexibility index (Phi) is 6.22. The molecule has 1 heterocycles. The third kappa shape index (κ3) is 7.13. The molecule has 1 saturated heterocycles. The molecular formula is C9H19NO5S. The lowest BCUT2D eigenvalue weighted by molar-refractivity contribution is 0.0356. The second kappa shape index (κ2) is 7.18. The average molecular weight is 253 g/mol. The first kappa shape index (κ1) is 13.9. The van der Waals surface area contributed by atoms with Crippen LogP contribution in [-0.4, -0.2) is 53.8 Å². The predicted octanol–water partition coefficient (Wildman–Crippen LogP) is -0.655. The van der Waals surface area contributed by atoms with Crippen molar-refractivity contribution in [2.75, 3.05) is 45.4 Å². The molecule has 16 heavy (non-hydrogen) atoms. The number of hydrogen-bond donors (Lipinski definition) is 1. The molecule has 0 spiro atoms. The Morgan fingerprint density at radius 1 is 1.25 bits per heavy atom. The van der Waals surface area contributed by atoms with E-state index in [9.17, 15) is 8.42 Å². The molecule has 1 aliphatic rings. The van der Waals surface area contributed by atoms with Gasteiger partial charge in [0.1, 0.15) is 0 Å². The fraction of sp³-hybridized carbons (Fsp3) is 1.00.